The summed E-state index contributed by atoms with van der Waals surface area (Å²) >= 11 is 0. The van der Waals surface area contributed by atoms with E-state index in [4.69, 9.17) is 0 Å². The molecule has 0 bridgehead atoms. The van der Waals surface area contributed by atoms with Gasteiger partial charge in [-0.1, -0.05) is 0 Å². The molecule has 0 aliphatic rings. The van der Waals surface area contributed by atoms with Crippen LogP contribution in [-0.4, -0.2) is 41.2 Å². The van der Waals surface area contributed by atoms with Crippen LogP contribution in [0.1, 0.15) is 12.1 Å². The van der Waals surface area contributed by atoms with Crippen LogP contribution in [0.2, 0.25) is 0 Å². The van der Waals surface area contributed by atoms with Gasteiger partial charge in [0.2, 0.25) is 0 Å². The smallest absolute Gasteiger partial charge is 0.311 e. The van der Waals surface area contributed by atoms with Crippen molar-refractivity contribution < 1.29 is 0 Å². The summed E-state index contributed by atoms with van der Waals surface area (Å²) in [5, 5.41) is 3.24. The summed E-state index contributed by atoms with van der Waals surface area (Å²) in [5.41, 5.74) is 0.170. The molecule has 0 atom stereocenters. The second-order valence-electron chi connectivity index (χ2n) is 4.71. The van der Waals surface area contributed by atoms with Crippen molar-refractivity contribution in [3.63, 3.8) is 0 Å². The fraction of sp³-hybridized carbons (Fsp3) is 0.667. The highest BCUT2D eigenvalue weighted by molar-refractivity contribution is 5.01. The van der Waals surface area contributed by atoms with E-state index < -0.39 is 0 Å². The van der Waals surface area contributed by atoms with E-state index in [1.54, 1.807) is 7.05 Å². The van der Waals surface area contributed by atoms with E-state index in [1.165, 1.54) is 17.7 Å². The zero-order valence-corrected chi connectivity index (χ0v) is 11.6. The highest BCUT2D eigenvalue weighted by Gasteiger charge is 2.04. The first kappa shape index (κ1) is 14.7. The molecule has 1 aromatic rings. The van der Waals surface area contributed by atoms with Gasteiger partial charge in [0.05, 0.1) is 0 Å². The van der Waals surface area contributed by atoms with Gasteiger partial charge in [-0.25, -0.2) is 4.79 Å². The Balaban J connectivity index is 2.59. The van der Waals surface area contributed by atoms with Crippen LogP contribution < -0.4 is 16.6 Å². The van der Waals surface area contributed by atoms with Gasteiger partial charge in [0, 0.05) is 32.4 Å². The van der Waals surface area contributed by atoms with Crippen LogP contribution in [0.5, 0.6) is 0 Å². The summed E-state index contributed by atoms with van der Waals surface area (Å²) in [6.07, 6.45) is 1.03. The average molecular weight is 254 g/mol. The van der Waals surface area contributed by atoms with Crippen molar-refractivity contribution in [2.75, 3.05) is 27.2 Å². The van der Waals surface area contributed by atoms with Crippen molar-refractivity contribution in [3.05, 3.63) is 32.6 Å². The minimum absolute atomic E-state index is 0.261. The summed E-state index contributed by atoms with van der Waals surface area (Å²) in [6, 6.07) is 1.50. The van der Waals surface area contributed by atoms with Crippen LogP contribution in [0.25, 0.3) is 0 Å². The Hall–Kier alpha value is -1.40. The number of nitrogens with zero attached hydrogens (tertiary/aromatic N) is 3. The lowest BCUT2D eigenvalue weighted by Gasteiger charge is -2.12. The van der Waals surface area contributed by atoms with Gasteiger partial charge in [-0.3, -0.25) is 13.9 Å². The van der Waals surface area contributed by atoms with Crippen molar-refractivity contribution in [1.29, 1.82) is 0 Å². The molecule has 18 heavy (non-hydrogen) atoms. The Kier molecular flexibility index (Phi) is 5.30. The number of hydrogen-bond donors (Lipinski definition) is 1. The van der Waals surface area contributed by atoms with Gasteiger partial charge in [0.1, 0.15) is 0 Å². The molecule has 102 valence electrons. The molecular formula is C12H22N4O2. The van der Waals surface area contributed by atoms with E-state index >= 15 is 0 Å². The maximum absolute atomic E-state index is 11.7. The highest BCUT2D eigenvalue weighted by Crippen LogP contribution is 1.90. The Bertz CT molecular complexity index is 502. The lowest BCUT2D eigenvalue weighted by atomic mass is 10.3. The largest absolute Gasteiger partial charge is 0.330 e. The molecule has 1 N–H and O–H groups in total. The summed E-state index contributed by atoms with van der Waals surface area (Å²) in [4.78, 5) is 25.3. The van der Waals surface area contributed by atoms with Crippen molar-refractivity contribution in [1.82, 2.24) is 19.4 Å². The Labute approximate surface area is 107 Å². The molecular weight excluding hydrogens is 232 g/mol. The van der Waals surface area contributed by atoms with Crippen LogP contribution in [0, 0.1) is 0 Å². The van der Waals surface area contributed by atoms with Crippen molar-refractivity contribution >= 4 is 0 Å². The maximum atomic E-state index is 11.7. The van der Waals surface area contributed by atoms with Gasteiger partial charge < -0.3 is 10.2 Å². The van der Waals surface area contributed by atoms with Gasteiger partial charge in [0.25, 0.3) is 5.56 Å². The molecule has 0 fully saturated rings. The zero-order valence-electron chi connectivity index (χ0n) is 11.6. The summed E-state index contributed by atoms with van der Waals surface area (Å²) in [6.45, 7) is 2.42. The predicted molar refractivity (Wildman–Crippen MR) is 71.8 cm³/mol. The molecule has 0 aliphatic heterocycles. The molecule has 6 heteroatoms. The van der Waals surface area contributed by atoms with Crippen molar-refractivity contribution in [3.8, 4) is 0 Å². The molecule has 0 spiro atoms. The topological polar surface area (TPSA) is 59.3 Å². The van der Waals surface area contributed by atoms with E-state index in [0.717, 1.165) is 24.1 Å². The first-order valence-corrected chi connectivity index (χ1v) is 6.05. The molecule has 0 saturated carbocycles. The summed E-state index contributed by atoms with van der Waals surface area (Å²) in [7, 11) is 7.23. The van der Waals surface area contributed by atoms with E-state index in [9.17, 15) is 9.59 Å². The Morgan fingerprint density at radius 3 is 2.50 bits per heavy atom. The standard InChI is InChI=1S/C12H22N4O2/c1-14(2)7-5-6-13-9-10-8-11(17)16(4)12(18)15(10)3/h8,13H,5-7,9H2,1-4H3. The van der Waals surface area contributed by atoms with Gasteiger partial charge in [-0.05, 0) is 33.6 Å². The lowest BCUT2D eigenvalue weighted by Crippen LogP contribution is -2.39. The maximum Gasteiger partial charge on any atom is 0.330 e. The van der Waals surface area contributed by atoms with Gasteiger partial charge in [0.15, 0.2) is 0 Å². The molecule has 6 nitrogen and oxygen atoms in total. The van der Waals surface area contributed by atoms with Gasteiger partial charge in [-0.15, -0.1) is 0 Å². The van der Waals surface area contributed by atoms with Crippen molar-refractivity contribution in [2.45, 2.75) is 13.0 Å². The first-order chi connectivity index (χ1) is 8.43. The van der Waals surface area contributed by atoms with Crippen molar-refractivity contribution in [2.24, 2.45) is 14.1 Å². The minimum Gasteiger partial charge on any atom is -0.311 e. The van der Waals surface area contributed by atoms with E-state index in [-0.39, 0.29) is 11.2 Å². The molecule has 0 saturated heterocycles. The van der Waals surface area contributed by atoms with E-state index in [2.05, 4.69) is 10.2 Å². The molecule has 0 radical (unpaired) electrons. The predicted octanol–water partition coefficient (Wildman–Crippen LogP) is -0.875. The van der Waals surface area contributed by atoms with Gasteiger partial charge >= 0.3 is 5.69 Å². The van der Waals surface area contributed by atoms with Crippen LogP contribution >= 0.6 is 0 Å². The molecule has 1 aromatic heterocycles. The third-order valence-corrected chi connectivity index (χ3v) is 2.89. The number of nitrogens with one attached hydrogen (secondary N) is 1. The normalized spacial score (nSPS) is 11.2. The minimum atomic E-state index is -0.285. The van der Waals surface area contributed by atoms with Crippen LogP contribution in [-0.2, 0) is 20.6 Å². The molecule has 0 amide bonds. The fourth-order valence-electron chi connectivity index (χ4n) is 1.68. The zero-order chi connectivity index (χ0) is 13.7. The first-order valence-electron chi connectivity index (χ1n) is 6.05. The molecule has 0 unspecified atom stereocenters. The lowest BCUT2D eigenvalue weighted by molar-refractivity contribution is 0.393. The highest BCUT2D eigenvalue weighted by atomic mass is 16.2. The third-order valence-electron chi connectivity index (χ3n) is 2.89. The summed E-state index contributed by atoms with van der Waals surface area (Å²) < 4.78 is 2.61. The molecule has 1 heterocycles. The monoisotopic (exact) mass is 254 g/mol. The number of rotatable bonds is 6. The van der Waals surface area contributed by atoms with Crippen LogP contribution in [0.15, 0.2) is 15.7 Å². The third kappa shape index (κ3) is 3.82. The van der Waals surface area contributed by atoms with E-state index in [0.29, 0.717) is 12.2 Å². The van der Waals surface area contributed by atoms with E-state index in [1.807, 2.05) is 14.1 Å². The Morgan fingerprint density at radius 2 is 1.89 bits per heavy atom. The Morgan fingerprint density at radius 1 is 1.22 bits per heavy atom. The number of hydrogen-bond acceptors (Lipinski definition) is 4. The SMILES string of the molecule is CN(C)CCCNCc1cc(=O)n(C)c(=O)n1C. The fourth-order valence-corrected chi connectivity index (χ4v) is 1.68. The second kappa shape index (κ2) is 6.51. The quantitative estimate of drug-likeness (QED) is 0.670. The number of aromatic nitrogens is 2. The summed E-state index contributed by atoms with van der Waals surface area (Å²) in [5.74, 6) is 0. The second-order valence-corrected chi connectivity index (χ2v) is 4.71. The average Bonchev–Trinajstić information content (AvgIpc) is 2.32. The molecule has 1 rings (SSSR count). The van der Waals surface area contributed by atoms with Gasteiger partial charge in [-0.2, -0.15) is 0 Å². The van der Waals surface area contributed by atoms with Crippen LogP contribution in [0.4, 0.5) is 0 Å². The molecule has 0 aromatic carbocycles. The van der Waals surface area contributed by atoms with Crippen LogP contribution in [0.3, 0.4) is 0 Å². The molecule has 0 aliphatic carbocycles.